The molecule has 1 heterocycles. The standard InChI is InChI=1S/C27H32N2O6/c1-17(2)23(14-24(30)29(3)27(25(31)32)12-13-34-16-27)28-26(33)35-15-22-20-10-6-4-8-18(20)19-9-5-7-11-21(19)22/h4-11,17,22-23H,12-16H2,1-3H3,(H,28,33)(H,31,32)/t23-,27?/m1/s1. The van der Waals surface area contributed by atoms with Crippen LogP contribution in [0.25, 0.3) is 11.1 Å². The Morgan fingerprint density at radius 1 is 1.11 bits per heavy atom. The second kappa shape index (κ2) is 10.1. The fourth-order valence-corrected chi connectivity index (χ4v) is 4.94. The summed E-state index contributed by atoms with van der Waals surface area (Å²) in [6.45, 7) is 4.21. The van der Waals surface area contributed by atoms with Gasteiger partial charge in [-0.2, -0.15) is 0 Å². The van der Waals surface area contributed by atoms with Crippen LogP contribution >= 0.6 is 0 Å². The number of rotatable bonds is 8. The second-order valence-electron chi connectivity index (χ2n) is 9.62. The van der Waals surface area contributed by atoms with Gasteiger partial charge in [-0.05, 0) is 28.2 Å². The molecule has 2 aromatic rings. The Morgan fingerprint density at radius 2 is 1.71 bits per heavy atom. The molecule has 2 N–H and O–H groups in total. The molecule has 2 aliphatic rings. The van der Waals surface area contributed by atoms with Crippen LogP contribution in [0.1, 0.15) is 43.7 Å². The molecule has 2 atom stereocenters. The number of amides is 2. The average Bonchev–Trinajstić information content (AvgIpc) is 3.46. The third-order valence-electron chi connectivity index (χ3n) is 7.26. The molecule has 1 saturated heterocycles. The van der Waals surface area contributed by atoms with Gasteiger partial charge in [0.05, 0.1) is 6.61 Å². The molecule has 0 bridgehead atoms. The number of likely N-dealkylation sites (N-methyl/N-ethyl adjacent to an activating group) is 1. The lowest BCUT2D eigenvalue weighted by atomic mass is 9.94. The normalized spacial score (nSPS) is 19.7. The number of hydrogen-bond acceptors (Lipinski definition) is 5. The van der Waals surface area contributed by atoms with Crippen molar-refractivity contribution in [3.63, 3.8) is 0 Å². The molecule has 186 valence electrons. The van der Waals surface area contributed by atoms with E-state index < -0.39 is 23.6 Å². The summed E-state index contributed by atoms with van der Waals surface area (Å²) in [5.41, 5.74) is 3.17. The van der Waals surface area contributed by atoms with Crippen molar-refractivity contribution in [1.29, 1.82) is 0 Å². The number of ether oxygens (including phenoxy) is 2. The first-order chi connectivity index (χ1) is 16.7. The second-order valence-corrected chi connectivity index (χ2v) is 9.62. The van der Waals surface area contributed by atoms with Crippen LogP contribution < -0.4 is 5.32 Å². The Hall–Kier alpha value is -3.39. The highest BCUT2D eigenvalue weighted by molar-refractivity contribution is 5.88. The van der Waals surface area contributed by atoms with Crippen LogP contribution in [0.4, 0.5) is 4.79 Å². The molecule has 0 radical (unpaired) electrons. The molecule has 4 rings (SSSR count). The van der Waals surface area contributed by atoms with Crippen molar-refractivity contribution < 1.29 is 29.0 Å². The maximum atomic E-state index is 13.0. The quantitative estimate of drug-likeness (QED) is 0.598. The molecule has 2 aromatic carbocycles. The van der Waals surface area contributed by atoms with Crippen LogP contribution in [0.2, 0.25) is 0 Å². The molecule has 1 unspecified atom stereocenters. The topological polar surface area (TPSA) is 105 Å². The van der Waals surface area contributed by atoms with Gasteiger partial charge in [0.1, 0.15) is 6.61 Å². The van der Waals surface area contributed by atoms with Crippen molar-refractivity contribution in [2.24, 2.45) is 5.92 Å². The number of hydrogen-bond donors (Lipinski definition) is 2. The number of alkyl carbamates (subject to hydrolysis) is 1. The van der Waals surface area contributed by atoms with Gasteiger partial charge in [0.2, 0.25) is 5.91 Å². The number of carboxylic acids is 1. The van der Waals surface area contributed by atoms with Crippen LogP contribution in [0.15, 0.2) is 48.5 Å². The van der Waals surface area contributed by atoms with E-state index in [0.29, 0.717) is 0 Å². The van der Waals surface area contributed by atoms with E-state index in [1.807, 2.05) is 38.1 Å². The molecular weight excluding hydrogens is 448 g/mol. The van der Waals surface area contributed by atoms with Crippen molar-refractivity contribution in [2.45, 2.75) is 44.2 Å². The Morgan fingerprint density at radius 3 is 2.23 bits per heavy atom. The molecule has 8 nitrogen and oxygen atoms in total. The number of carbonyl (C=O) groups excluding carboxylic acids is 2. The monoisotopic (exact) mass is 480 g/mol. The van der Waals surface area contributed by atoms with Gasteiger partial charge >= 0.3 is 12.1 Å². The van der Waals surface area contributed by atoms with E-state index in [0.717, 1.165) is 22.3 Å². The summed E-state index contributed by atoms with van der Waals surface area (Å²) >= 11 is 0. The van der Waals surface area contributed by atoms with Gasteiger partial charge in [-0.3, -0.25) is 4.79 Å². The molecule has 0 saturated carbocycles. The smallest absolute Gasteiger partial charge is 0.407 e. The number of benzene rings is 2. The van der Waals surface area contributed by atoms with Gasteiger partial charge in [-0.25, -0.2) is 9.59 Å². The molecule has 8 heteroatoms. The fourth-order valence-electron chi connectivity index (χ4n) is 4.94. The summed E-state index contributed by atoms with van der Waals surface area (Å²) in [6.07, 6.45) is -0.400. The molecular formula is C27H32N2O6. The number of carboxylic acid groups (broad SMARTS) is 1. The van der Waals surface area contributed by atoms with Crippen molar-refractivity contribution in [3.05, 3.63) is 59.7 Å². The van der Waals surface area contributed by atoms with E-state index in [4.69, 9.17) is 9.47 Å². The highest BCUT2D eigenvalue weighted by atomic mass is 16.5. The van der Waals surface area contributed by atoms with Gasteiger partial charge in [-0.15, -0.1) is 0 Å². The maximum absolute atomic E-state index is 13.0. The van der Waals surface area contributed by atoms with E-state index in [9.17, 15) is 19.5 Å². The minimum Gasteiger partial charge on any atom is -0.479 e. The third-order valence-corrected chi connectivity index (χ3v) is 7.26. The van der Waals surface area contributed by atoms with Crippen molar-refractivity contribution in [2.75, 3.05) is 26.9 Å². The highest BCUT2D eigenvalue weighted by Gasteiger charge is 2.48. The largest absolute Gasteiger partial charge is 0.479 e. The van der Waals surface area contributed by atoms with Gasteiger partial charge in [0.15, 0.2) is 5.54 Å². The van der Waals surface area contributed by atoms with Crippen LogP contribution in [0, 0.1) is 5.92 Å². The van der Waals surface area contributed by atoms with Crippen LogP contribution in [0.5, 0.6) is 0 Å². The number of nitrogens with one attached hydrogen (secondary N) is 1. The molecule has 35 heavy (non-hydrogen) atoms. The first-order valence-corrected chi connectivity index (χ1v) is 11.9. The molecule has 0 aromatic heterocycles. The lowest BCUT2D eigenvalue weighted by Gasteiger charge is -2.35. The Bertz CT molecular complexity index is 1060. The van der Waals surface area contributed by atoms with Crippen LogP contribution in [0.3, 0.4) is 0 Å². The lowest BCUT2D eigenvalue weighted by molar-refractivity contribution is -0.158. The zero-order valence-electron chi connectivity index (χ0n) is 20.3. The van der Waals surface area contributed by atoms with E-state index in [-0.39, 0.29) is 50.4 Å². The predicted molar refractivity (Wildman–Crippen MR) is 130 cm³/mol. The zero-order valence-corrected chi connectivity index (χ0v) is 20.3. The predicted octanol–water partition coefficient (Wildman–Crippen LogP) is 3.64. The fraction of sp³-hybridized carbons (Fsp3) is 0.444. The SMILES string of the molecule is CC(C)[C@@H](CC(=O)N(C)C1(C(=O)O)CCOC1)NC(=O)OCC1c2ccccc2-c2ccccc21. The van der Waals surface area contributed by atoms with Crippen molar-refractivity contribution in [3.8, 4) is 11.1 Å². The molecule has 1 aliphatic heterocycles. The molecule has 1 aliphatic carbocycles. The number of aliphatic carboxylic acids is 1. The summed E-state index contributed by atoms with van der Waals surface area (Å²) in [6, 6.07) is 15.7. The van der Waals surface area contributed by atoms with Crippen molar-refractivity contribution >= 4 is 18.0 Å². The number of nitrogens with zero attached hydrogens (tertiary/aromatic N) is 1. The van der Waals surface area contributed by atoms with E-state index in [1.165, 1.54) is 11.9 Å². The minimum absolute atomic E-state index is 0.0343. The summed E-state index contributed by atoms with van der Waals surface area (Å²) < 4.78 is 10.9. The van der Waals surface area contributed by atoms with Gasteiger partial charge in [0, 0.05) is 38.5 Å². The van der Waals surface area contributed by atoms with E-state index >= 15 is 0 Å². The molecule has 0 spiro atoms. The Kier molecular flexibility index (Phi) is 7.12. The maximum Gasteiger partial charge on any atom is 0.407 e. The first-order valence-electron chi connectivity index (χ1n) is 11.9. The first kappa shape index (κ1) is 24.7. The molecule has 2 amide bonds. The zero-order chi connectivity index (χ0) is 25.2. The van der Waals surface area contributed by atoms with Crippen LogP contribution in [-0.2, 0) is 19.1 Å². The third kappa shape index (κ3) is 4.75. The average molecular weight is 481 g/mol. The Labute approximate surface area is 205 Å². The van der Waals surface area contributed by atoms with Crippen LogP contribution in [-0.4, -0.2) is 66.4 Å². The van der Waals surface area contributed by atoms with Gasteiger partial charge in [-0.1, -0.05) is 62.4 Å². The van der Waals surface area contributed by atoms with E-state index in [1.54, 1.807) is 0 Å². The summed E-state index contributed by atoms with van der Waals surface area (Å²) in [5.74, 6) is -1.57. The van der Waals surface area contributed by atoms with E-state index in [2.05, 4.69) is 29.6 Å². The molecule has 1 fully saturated rings. The Balaban J connectivity index is 1.39. The summed E-state index contributed by atoms with van der Waals surface area (Å²) in [4.78, 5) is 38.9. The van der Waals surface area contributed by atoms with Gasteiger partial charge < -0.3 is 24.8 Å². The van der Waals surface area contributed by atoms with Crippen molar-refractivity contribution in [1.82, 2.24) is 10.2 Å². The van der Waals surface area contributed by atoms with Gasteiger partial charge in [0.25, 0.3) is 0 Å². The number of carbonyl (C=O) groups is 3. The lowest BCUT2D eigenvalue weighted by Crippen LogP contribution is -2.57. The summed E-state index contributed by atoms with van der Waals surface area (Å²) in [7, 11) is 1.48. The summed E-state index contributed by atoms with van der Waals surface area (Å²) in [5, 5.41) is 12.5. The number of fused-ring (bicyclic) bond motifs is 3. The highest BCUT2D eigenvalue weighted by Crippen LogP contribution is 2.44. The minimum atomic E-state index is -1.37.